The molecule has 0 aliphatic carbocycles. The van der Waals surface area contributed by atoms with Gasteiger partial charge in [0.1, 0.15) is 13.2 Å². The van der Waals surface area contributed by atoms with Crippen molar-refractivity contribution < 1.29 is 9.47 Å². The minimum absolute atomic E-state index is 0.285. The van der Waals surface area contributed by atoms with Crippen LogP contribution in [0.5, 0.6) is 11.5 Å². The third kappa shape index (κ3) is 4.03. The summed E-state index contributed by atoms with van der Waals surface area (Å²) in [6.45, 7) is 3.43. The largest absolute Gasteiger partial charge is 0.486 e. The van der Waals surface area contributed by atoms with Gasteiger partial charge in [0.25, 0.3) is 0 Å². The number of alkyl halides is 1. The second-order valence-electron chi connectivity index (χ2n) is 4.83. The van der Waals surface area contributed by atoms with E-state index in [2.05, 4.69) is 22.9 Å². The Morgan fingerprint density at radius 2 is 1.84 bits per heavy atom. The van der Waals surface area contributed by atoms with E-state index in [1.54, 1.807) is 0 Å². The molecule has 106 valence electrons. The van der Waals surface area contributed by atoms with E-state index < -0.39 is 0 Å². The van der Waals surface area contributed by atoms with E-state index in [4.69, 9.17) is 21.1 Å². The van der Waals surface area contributed by atoms with Crippen molar-refractivity contribution in [3.63, 3.8) is 0 Å². The SMILES string of the molecule is CCCCCCC(Br)c1cc2c(cc1Cl)OCCO2. The molecule has 1 aromatic rings. The lowest BCUT2D eigenvalue weighted by Crippen LogP contribution is -2.15. The molecule has 0 aromatic heterocycles. The fourth-order valence-corrected chi connectivity index (χ4v) is 3.35. The average molecular weight is 348 g/mol. The second-order valence-corrected chi connectivity index (χ2v) is 6.35. The van der Waals surface area contributed by atoms with E-state index in [1.165, 1.54) is 25.7 Å². The van der Waals surface area contributed by atoms with Crippen LogP contribution in [0.4, 0.5) is 0 Å². The zero-order valence-electron chi connectivity index (χ0n) is 11.3. The molecule has 0 saturated heterocycles. The van der Waals surface area contributed by atoms with E-state index in [9.17, 15) is 0 Å². The van der Waals surface area contributed by atoms with Gasteiger partial charge in [0.15, 0.2) is 11.5 Å². The van der Waals surface area contributed by atoms with Crippen molar-refractivity contribution in [3.05, 3.63) is 22.7 Å². The molecular formula is C15H20BrClO2. The number of benzene rings is 1. The van der Waals surface area contributed by atoms with Gasteiger partial charge in [0, 0.05) is 15.9 Å². The second kappa shape index (κ2) is 7.39. The molecule has 4 heteroatoms. The van der Waals surface area contributed by atoms with Crippen molar-refractivity contribution in [2.24, 2.45) is 0 Å². The number of rotatable bonds is 6. The monoisotopic (exact) mass is 346 g/mol. The topological polar surface area (TPSA) is 18.5 Å². The van der Waals surface area contributed by atoms with Crippen molar-refractivity contribution in [1.29, 1.82) is 0 Å². The highest BCUT2D eigenvalue weighted by molar-refractivity contribution is 9.09. The summed E-state index contributed by atoms with van der Waals surface area (Å²) in [4.78, 5) is 0.285. The lowest BCUT2D eigenvalue weighted by molar-refractivity contribution is 0.171. The van der Waals surface area contributed by atoms with Crippen LogP contribution >= 0.6 is 27.5 Å². The number of ether oxygens (including phenoxy) is 2. The van der Waals surface area contributed by atoms with Gasteiger partial charge in [-0.2, -0.15) is 0 Å². The third-order valence-corrected chi connectivity index (χ3v) is 4.59. The highest BCUT2D eigenvalue weighted by atomic mass is 79.9. The maximum Gasteiger partial charge on any atom is 0.162 e. The van der Waals surface area contributed by atoms with Crippen LogP contribution in [0.2, 0.25) is 5.02 Å². The van der Waals surface area contributed by atoms with Gasteiger partial charge in [-0.3, -0.25) is 0 Å². The third-order valence-electron chi connectivity index (χ3n) is 3.31. The Morgan fingerprint density at radius 3 is 2.53 bits per heavy atom. The summed E-state index contributed by atoms with van der Waals surface area (Å²) in [7, 11) is 0. The van der Waals surface area contributed by atoms with Crippen LogP contribution in [0.25, 0.3) is 0 Å². The molecule has 0 bridgehead atoms. The zero-order chi connectivity index (χ0) is 13.7. The number of hydrogen-bond acceptors (Lipinski definition) is 2. The van der Waals surface area contributed by atoms with Crippen LogP contribution < -0.4 is 9.47 Å². The van der Waals surface area contributed by atoms with Crippen LogP contribution in [-0.2, 0) is 0 Å². The van der Waals surface area contributed by atoms with Crippen molar-refractivity contribution >= 4 is 27.5 Å². The summed E-state index contributed by atoms with van der Waals surface area (Å²) in [6.07, 6.45) is 6.15. The summed E-state index contributed by atoms with van der Waals surface area (Å²) in [6, 6.07) is 3.88. The van der Waals surface area contributed by atoms with Gasteiger partial charge in [-0.25, -0.2) is 0 Å². The van der Waals surface area contributed by atoms with Gasteiger partial charge in [-0.15, -0.1) is 0 Å². The predicted octanol–water partition coefficient (Wildman–Crippen LogP) is 5.52. The van der Waals surface area contributed by atoms with Gasteiger partial charge in [0.05, 0.1) is 0 Å². The normalized spacial score (nSPS) is 15.3. The summed E-state index contributed by atoms with van der Waals surface area (Å²) in [5.41, 5.74) is 1.10. The summed E-state index contributed by atoms with van der Waals surface area (Å²) in [5.74, 6) is 1.56. The van der Waals surface area contributed by atoms with Gasteiger partial charge in [0.2, 0.25) is 0 Å². The fraction of sp³-hybridized carbons (Fsp3) is 0.600. The van der Waals surface area contributed by atoms with E-state index in [1.807, 2.05) is 12.1 Å². The maximum absolute atomic E-state index is 6.33. The van der Waals surface area contributed by atoms with Crippen molar-refractivity contribution in [1.82, 2.24) is 0 Å². The quantitative estimate of drug-likeness (QED) is 0.498. The Hall–Kier alpha value is -0.410. The average Bonchev–Trinajstić information content (AvgIpc) is 2.42. The molecule has 0 amide bonds. The molecule has 2 nitrogen and oxygen atoms in total. The Bertz CT molecular complexity index is 423. The first kappa shape index (κ1) is 15.0. The molecule has 0 radical (unpaired) electrons. The molecular weight excluding hydrogens is 328 g/mol. The van der Waals surface area contributed by atoms with Crippen molar-refractivity contribution in [2.75, 3.05) is 13.2 Å². The zero-order valence-corrected chi connectivity index (χ0v) is 13.6. The van der Waals surface area contributed by atoms with Crippen molar-refractivity contribution in [2.45, 2.75) is 43.9 Å². The fourth-order valence-electron chi connectivity index (χ4n) is 2.23. The molecule has 0 spiro atoms. The maximum atomic E-state index is 6.33. The van der Waals surface area contributed by atoms with Gasteiger partial charge in [-0.1, -0.05) is 60.1 Å². The lowest BCUT2D eigenvalue weighted by Gasteiger charge is -2.21. The van der Waals surface area contributed by atoms with Crippen LogP contribution in [0.1, 0.15) is 49.4 Å². The molecule has 1 aromatic carbocycles. The van der Waals surface area contributed by atoms with Gasteiger partial charge < -0.3 is 9.47 Å². The molecule has 1 unspecified atom stereocenters. The summed E-state index contributed by atoms with van der Waals surface area (Å²) < 4.78 is 11.1. The molecule has 0 N–H and O–H groups in total. The van der Waals surface area contributed by atoms with Crippen LogP contribution in [0, 0.1) is 0 Å². The van der Waals surface area contributed by atoms with Crippen LogP contribution in [-0.4, -0.2) is 13.2 Å². The van der Waals surface area contributed by atoms with Gasteiger partial charge >= 0.3 is 0 Å². The lowest BCUT2D eigenvalue weighted by atomic mass is 10.0. The molecule has 0 saturated carbocycles. The highest BCUT2D eigenvalue weighted by Gasteiger charge is 2.18. The molecule has 1 atom stereocenters. The predicted molar refractivity (Wildman–Crippen MR) is 82.9 cm³/mol. The first-order valence-electron chi connectivity index (χ1n) is 6.95. The Labute approximate surface area is 128 Å². The van der Waals surface area contributed by atoms with Crippen LogP contribution in [0.15, 0.2) is 12.1 Å². The van der Waals surface area contributed by atoms with E-state index in [-0.39, 0.29) is 4.83 Å². The van der Waals surface area contributed by atoms with E-state index >= 15 is 0 Å². The summed E-state index contributed by atoms with van der Waals surface area (Å²) >= 11 is 10.1. The highest BCUT2D eigenvalue weighted by Crippen LogP contribution is 2.41. The molecule has 2 rings (SSSR count). The number of unbranched alkanes of at least 4 members (excludes halogenated alkanes) is 3. The Balaban J connectivity index is 2.02. The van der Waals surface area contributed by atoms with Gasteiger partial charge in [-0.05, 0) is 18.1 Å². The van der Waals surface area contributed by atoms with E-state index in [0.29, 0.717) is 13.2 Å². The number of fused-ring (bicyclic) bond motifs is 1. The van der Waals surface area contributed by atoms with E-state index in [0.717, 1.165) is 28.5 Å². The number of halogens is 2. The minimum Gasteiger partial charge on any atom is -0.486 e. The molecule has 1 aliphatic rings. The molecule has 0 fully saturated rings. The molecule has 19 heavy (non-hydrogen) atoms. The first-order chi connectivity index (χ1) is 9.22. The Kier molecular flexibility index (Phi) is 5.83. The van der Waals surface area contributed by atoms with Crippen molar-refractivity contribution in [3.8, 4) is 11.5 Å². The molecule has 1 aliphatic heterocycles. The minimum atomic E-state index is 0.285. The molecule has 1 heterocycles. The standard InChI is InChI=1S/C15H20BrClO2/c1-2-3-4-5-6-12(16)11-9-14-15(10-13(11)17)19-8-7-18-14/h9-10,12H,2-8H2,1H3. The summed E-state index contributed by atoms with van der Waals surface area (Å²) in [5, 5.41) is 0.751. The Morgan fingerprint density at radius 1 is 1.16 bits per heavy atom. The van der Waals surface area contributed by atoms with Crippen LogP contribution in [0.3, 0.4) is 0 Å². The number of hydrogen-bond donors (Lipinski definition) is 0. The first-order valence-corrected chi connectivity index (χ1v) is 8.25. The smallest absolute Gasteiger partial charge is 0.162 e.